The molecule has 0 aliphatic rings. The summed E-state index contributed by atoms with van der Waals surface area (Å²) in [5.74, 6) is -1.89. The molecule has 0 saturated heterocycles. The maximum atomic E-state index is 13.0. The van der Waals surface area contributed by atoms with Gasteiger partial charge in [-0.25, -0.2) is 9.18 Å². The van der Waals surface area contributed by atoms with Crippen molar-refractivity contribution in [2.75, 3.05) is 5.73 Å². The SMILES string of the molecule is C[C@@](N)(C(=O)O)c1ccc(N)c(F)c1. The molecule has 0 aromatic heterocycles. The second-order valence-corrected chi connectivity index (χ2v) is 3.24. The van der Waals surface area contributed by atoms with Gasteiger partial charge in [0.2, 0.25) is 0 Å². The number of aliphatic carboxylic acids is 1. The van der Waals surface area contributed by atoms with Gasteiger partial charge >= 0.3 is 5.97 Å². The van der Waals surface area contributed by atoms with E-state index < -0.39 is 17.3 Å². The maximum Gasteiger partial charge on any atom is 0.328 e. The van der Waals surface area contributed by atoms with Crippen LogP contribution < -0.4 is 11.5 Å². The highest BCUT2D eigenvalue weighted by Crippen LogP contribution is 2.21. The van der Waals surface area contributed by atoms with Crippen LogP contribution in [-0.4, -0.2) is 11.1 Å². The number of halogens is 1. The van der Waals surface area contributed by atoms with Crippen LogP contribution in [-0.2, 0) is 10.3 Å². The van der Waals surface area contributed by atoms with Crippen LogP contribution in [0.3, 0.4) is 0 Å². The number of carboxylic acid groups (broad SMARTS) is 1. The topological polar surface area (TPSA) is 89.3 Å². The van der Waals surface area contributed by atoms with Gasteiger partial charge in [0.1, 0.15) is 11.4 Å². The highest BCUT2D eigenvalue weighted by Gasteiger charge is 2.30. The number of anilines is 1. The lowest BCUT2D eigenvalue weighted by atomic mass is 9.93. The molecule has 5 N–H and O–H groups in total. The van der Waals surface area contributed by atoms with Crippen LogP contribution in [0.2, 0.25) is 0 Å². The van der Waals surface area contributed by atoms with Gasteiger partial charge in [0.15, 0.2) is 0 Å². The molecule has 0 radical (unpaired) electrons. The Bertz CT molecular complexity index is 377. The van der Waals surface area contributed by atoms with Crippen LogP contribution >= 0.6 is 0 Å². The number of carboxylic acids is 1. The normalized spacial score (nSPS) is 14.8. The van der Waals surface area contributed by atoms with Gasteiger partial charge in [-0.3, -0.25) is 0 Å². The zero-order valence-electron chi connectivity index (χ0n) is 7.62. The minimum Gasteiger partial charge on any atom is -0.480 e. The standard InChI is InChI=1S/C9H11FN2O2/c1-9(12,8(13)14)5-2-3-7(11)6(10)4-5/h2-4H,11-12H2,1H3,(H,13,14)/t9-/m0/s1. The highest BCUT2D eigenvalue weighted by molar-refractivity contribution is 5.80. The monoisotopic (exact) mass is 198 g/mol. The largest absolute Gasteiger partial charge is 0.480 e. The first-order valence-corrected chi connectivity index (χ1v) is 3.93. The van der Waals surface area contributed by atoms with Crippen molar-refractivity contribution in [2.24, 2.45) is 5.73 Å². The molecule has 0 aliphatic heterocycles. The third-order valence-electron chi connectivity index (χ3n) is 2.04. The van der Waals surface area contributed by atoms with Gasteiger partial charge in [0.25, 0.3) is 0 Å². The Morgan fingerprint density at radius 2 is 2.14 bits per heavy atom. The predicted molar refractivity (Wildman–Crippen MR) is 50.0 cm³/mol. The van der Waals surface area contributed by atoms with Gasteiger partial charge in [0, 0.05) is 0 Å². The molecule has 0 heterocycles. The molecule has 0 aliphatic carbocycles. The Hall–Kier alpha value is -1.62. The number of benzene rings is 1. The van der Waals surface area contributed by atoms with Crippen molar-refractivity contribution in [1.82, 2.24) is 0 Å². The molecule has 0 saturated carbocycles. The van der Waals surface area contributed by atoms with Crippen molar-refractivity contribution in [3.05, 3.63) is 29.6 Å². The molecule has 76 valence electrons. The average molecular weight is 198 g/mol. The molecule has 1 atom stereocenters. The van der Waals surface area contributed by atoms with Gasteiger partial charge in [-0.05, 0) is 24.6 Å². The quantitative estimate of drug-likeness (QED) is 0.609. The molecular formula is C9H11FN2O2. The molecule has 0 unspecified atom stereocenters. The molecule has 14 heavy (non-hydrogen) atoms. The number of nitrogen functional groups attached to an aromatic ring is 1. The van der Waals surface area contributed by atoms with Crippen molar-refractivity contribution in [2.45, 2.75) is 12.5 Å². The van der Waals surface area contributed by atoms with Crippen molar-refractivity contribution in [3.8, 4) is 0 Å². The van der Waals surface area contributed by atoms with Gasteiger partial charge in [0.05, 0.1) is 5.69 Å². The smallest absolute Gasteiger partial charge is 0.328 e. The van der Waals surface area contributed by atoms with E-state index in [1.165, 1.54) is 19.1 Å². The van der Waals surface area contributed by atoms with Gasteiger partial charge < -0.3 is 16.6 Å². The first-order chi connectivity index (χ1) is 6.35. The highest BCUT2D eigenvalue weighted by atomic mass is 19.1. The van der Waals surface area contributed by atoms with Crippen LogP contribution in [0.5, 0.6) is 0 Å². The molecule has 1 aromatic carbocycles. The first-order valence-electron chi connectivity index (χ1n) is 3.93. The average Bonchev–Trinajstić information content (AvgIpc) is 2.09. The molecule has 1 aromatic rings. The van der Waals surface area contributed by atoms with Crippen LogP contribution in [0.25, 0.3) is 0 Å². The second-order valence-electron chi connectivity index (χ2n) is 3.24. The summed E-state index contributed by atoms with van der Waals surface area (Å²) in [6.07, 6.45) is 0. The van der Waals surface area contributed by atoms with E-state index in [-0.39, 0.29) is 11.3 Å². The Kier molecular flexibility index (Phi) is 2.44. The van der Waals surface area contributed by atoms with Gasteiger partial charge in [-0.1, -0.05) is 6.07 Å². The molecular weight excluding hydrogens is 187 g/mol. The summed E-state index contributed by atoms with van der Waals surface area (Å²) in [7, 11) is 0. The minimum absolute atomic E-state index is 0.0325. The number of hydrogen-bond acceptors (Lipinski definition) is 3. The van der Waals surface area contributed by atoms with E-state index >= 15 is 0 Å². The lowest BCUT2D eigenvalue weighted by Crippen LogP contribution is -2.41. The summed E-state index contributed by atoms with van der Waals surface area (Å²) >= 11 is 0. The number of rotatable bonds is 2. The maximum absolute atomic E-state index is 13.0. The fraction of sp³-hybridized carbons (Fsp3) is 0.222. The molecule has 0 amide bonds. The Balaban J connectivity index is 3.21. The molecule has 0 spiro atoms. The number of hydrogen-bond donors (Lipinski definition) is 3. The summed E-state index contributed by atoms with van der Waals surface area (Å²) in [6, 6.07) is 3.72. The number of carbonyl (C=O) groups is 1. The Labute approximate surface area is 80.3 Å². The summed E-state index contributed by atoms with van der Waals surface area (Å²) in [5, 5.41) is 8.78. The van der Waals surface area contributed by atoms with Crippen LogP contribution in [0, 0.1) is 5.82 Å². The summed E-state index contributed by atoms with van der Waals surface area (Å²) in [5.41, 5.74) is 9.28. The van der Waals surface area contributed by atoms with E-state index in [0.717, 1.165) is 6.07 Å². The van der Waals surface area contributed by atoms with Crippen LogP contribution in [0.15, 0.2) is 18.2 Å². The zero-order valence-corrected chi connectivity index (χ0v) is 7.62. The van der Waals surface area contributed by atoms with E-state index in [9.17, 15) is 9.18 Å². The van der Waals surface area contributed by atoms with Crippen molar-refractivity contribution in [3.63, 3.8) is 0 Å². The zero-order chi connectivity index (χ0) is 10.9. The predicted octanol–water partition coefficient (Wildman–Crippen LogP) is 0.666. The summed E-state index contributed by atoms with van der Waals surface area (Å²) in [4.78, 5) is 10.7. The Morgan fingerprint density at radius 3 is 2.57 bits per heavy atom. The lowest BCUT2D eigenvalue weighted by Gasteiger charge is -2.19. The molecule has 5 heteroatoms. The molecule has 4 nitrogen and oxygen atoms in total. The second kappa shape index (κ2) is 3.26. The van der Waals surface area contributed by atoms with Crippen LogP contribution in [0.1, 0.15) is 12.5 Å². The molecule has 1 rings (SSSR count). The third-order valence-corrected chi connectivity index (χ3v) is 2.04. The van der Waals surface area contributed by atoms with E-state index in [1.54, 1.807) is 0 Å². The fourth-order valence-electron chi connectivity index (χ4n) is 0.974. The van der Waals surface area contributed by atoms with E-state index in [2.05, 4.69) is 0 Å². The lowest BCUT2D eigenvalue weighted by molar-refractivity contribution is -0.143. The summed E-state index contributed by atoms with van der Waals surface area (Å²) < 4.78 is 13.0. The van der Waals surface area contributed by atoms with Crippen molar-refractivity contribution in [1.29, 1.82) is 0 Å². The molecule has 0 bridgehead atoms. The van der Waals surface area contributed by atoms with E-state index in [4.69, 9.17) is 16.6 Å². The third kappa shape index (κ3) is 1.67. The van der Waals surface area contributed by atoms with Crippen LogP contribution in [0.4, 0.5) is 10.1 Å². The Morgan fingerprint density at radius 1 is 1.57 bits per heavy atom. The van der Waals surface area contributed by atoms with E-state index in [1.807, 2.05) is 0 Å². The first kappa shape index (κ1) is 10.5. The summed E-state index contributed by atoms with van der Waals surface area (Å²) in [6.45, 7) is 1.29. The van der Waals surface area contributed by atoms with Gasteiger partial charge in [-0.15, -0.1) is 0 Å². The van der Waals surface area contributed by atoms with Crippen molar-refractivity contribution < 1.29 is 14.3 Å². The minimum atomic E-state index is -1.60. The van der Waals surface area contributed by atoms with Gasteiger partial charge in [-0.2, -0.15) is 0 Å². The number of nitrogens with two attached hydrogens (primary N) is 2. The molecule has 0 fully saturated rings. The van der Waals surface area contributed by atoms with E-state index in [0.29, 0.717) is 0 Å². The van der Waals surface area contributed by atoms with Crippen molar-refractivity contribution >= 4 is 11.7 Å². The fourth-order valence-corrected chi connectivity index (χ4v) is 0.974.